The quantitative estimate of drug-likeness (QED) is 0.894. The number of nitrogens with zero attached hydrogens (tertiary/aromatic N) is 3. The van der Waals surface area contributed by atoms with E-state index in [9.17, 15) is 9.59 Å². The molecule has 106 valence electrons. The number of halogens is 1. The smallest absolute Gasteiger partial charge is 0.422 e. The summed E-state index contributed by atoms with van der Waals surface area (Å²) in [5.74, 6) is -0.586. The van der Waals surface area contributed by atoms with Crippen LogP contribution in [-0.4, -0.2) is 39.0 Å². The highest BCUT2D eigenvalue weighted by Gasteiger charge is 2.29. The molecule has 0 unspecified atom stereocenters. The molecule has 2 aromatic heterocycles. The lowest BCUT2D eigenvalue weighted by atomic mass is 10.5. The fourth-order valence-corrected chi connectivity index (χ4v) is 2.47. The summed E-state index contributed by atoms with van der Waals surface area (Å²) in [5.41, 5.74) is 0.405. The Hall–Kier alpha value is -2.13. The average Bonchev–Trinajstić information content (AvgIpc) is 2.68. The van der Waals surface area contributed by atoms with Gasteiger partial charge in [0.2, 0.25) is 5.82 Å². The second-order valence-corrected chi connectivity index (χ2v) is 5.09. The lowest BCUT2D eigenvalue weighted by Crippen LogP contribution is -2.35. The third kappa shape index (κ3) is 2.58. The van der Waals surface area contributed by atoms with Crippen molar-refractivity contribution in [3.8, 4) is 5.88 Å². The van der Waals surface area contributed by atoms with E-state index < -0.39 is 18.0 Å². The molecular weight excluding hydrogens is 310 g/mol. The molecule has 0 aliphatic rings. The van der Waals surface area contributed by atoms with E-state index in [-0.39, 0.29) is 17.4 Å². The minimum atomic E-state index is -1.70. The molecule has 0 aliphatic carbocycles. The van der Waals surface area contributed by atoms with Gasteiger partial charge in [0.15, 0.2) is 0 Å². The number of anilines is 1. The molecule has 20 heavy (non-hydrogen) atoms. The van der Waals surface area contributed by atoms with Crippen molar-refractivity contribution in [3.63, 3.8) is 0 Å². The summed E-state index contributed by atoms with van der Waals surface area (Å²) in [4.78, 5) is 30.5. The number of carboxylic acid groups (broad SMARTS) is 2. The van der Waals surface area contributed by atoms with Crippen molar-refractivity contribution in [2.24, 2.45) is 0 Å². The first-order valence-electron chi connectivity index (χ1n) is 5.30. The molecule has 2 amide bonds. The molecule has 0 aromatic carbocycles. The van der Waals surface area contributed by atoms with Gasteiger partial charge in [-0.05, 0) is 13.0 Å². The normalized spacial score (nSPS) is 10.5. The Bertz CT molecular complexity index is 675. The molecule has 0 atom stereocenters. The number of imide groups is 1. The maximum atomic E-state index is 11.0. The van der Waals surface area contributed by atoms with E-state index >= 15 is 0 Å². The van der Waals surface area contributed by atoms with Crippen LogP contribution in [0.25, 0.3) is 10.3 Å². The highest BCUT2D eigenvalue weighted by molar-refractivity contribution is 7.22. The molecule has 2 heterocycles. The van der Waals surface area contributed by atoms with Crippen molar-refractivity contribution in [2.75, 3.05) is 11.5 Å². The fraction of sp³-hybridized carbons (Fsp3) is 0.200. The molecule has 0 radical (unpaired) electrons. The molecular formula is C10H8ClN3O5S. The Morgan fingerprint density at radius 2 is 2.05 bits per heavy atom. The van der Waals surface area contributed by atoms with Crippen molar-refractivity contribution in [2.45, 2.75) is 6.92 Å². The second kappa shape index (κ2) is 5.47. The SMILES string of the molecule is CCOc1nc2cc(Cl)sc2nc1N(C(=O)O)C(=O)O. The van der Waals surface area contributed by atoms with Crippen molar-refractivity contribution >= 4 is 51.3 Å². The van der Waals surface area contributed by atoms with Crippen LogP contribution < -0.4 is 9.64 Å². The predicted octanol–water partition coefficient (Wildman–Crippen LogP) is 2.91. The maximum absolute atomic E-state index is 11.0. The van der Waals surface area contributed by atoms with Gasteiger partial charge in [0.05, 0.1) is 10.9 Å². The van der Waals surface area contributed by atoms with Gasteiger partial charge in [0.25, 0.3) is 5.88 Å². The molecule has 2 N–H and O–H groups in total. The zero-order chi connectivity index (χ0) is 14.9. The number of carbonyl (C=O) groups is 2. The zero-order valence-electron chi connectivity index (χ0n) is 10.0. The molecule has 0 aliphatic heterocycles. The van der Waals surface area contributed by atoms with Crippen LogP contribution in [0.1, 0.15) is 6.92 Å². The van der Waals surface area contributed by atoms with Crippen LogP contribution in [0.15, 0.2) is 6.07 Å². The Balaban J connectivity index is 2.66. The number of aromatic nitrogens is 2. The molecule has 0 spiro atoms. The predicted molar refractivity (Wildman–Crippen MR) is 72.1 cm³/mol. The summed E-state index contributed by atoms with van der Waals surface area (Å²) < 4.78 is 5.56. The Morgan fingerprint density at radius 3 is 2.60 bits per heavy atom. The lowest BCUT2D eigenvalue weighted by molar-refractivity contribution is 0.183. The molecule has 10 heteroatoms. The molecule has 0 saturated heterocycles. The van der Waals surface area contributed by atoms with Crippen molar-refractivity contribution in [3.05, 3.63) is 10.4 Å². The Kier molecular flexibility index (Phi) is 3.91. The molecule has 0 saturated carbocycles. The average molecular weight is 318 g/mol. The van der Waals surface area contributed by atoms with E-state index in [4.69, 9.17) is 26.6 Å². The highest BCUT2D eigenvalue weighted by atomic mass is 35.5. The highest BCUT2D eigenvalue weighted by Crippen LogP contribution is 2.33. The number of hydrogen-bond acceptors (Lipinski definition) is 6. The second-order valence-electron chi connectivity index (χ2n) is 3.43. The number of thiophene rings is 1. The van der Waals surface area contributed by atoms with Crippen molar-refractivity contribution < 1.29 is 24.5 Å². The number of amides is 2. The number of hydrogen-bond donors (Lipinski definition) is 2. The van der Waals surface area contributed by atoms with Crippen LogP contribution in [0.5, 0.6) is 5.88 Å². The van der Waals surface area contributed by atoms with Crippen molar-refractivity contribution in [1.82, 2.24) is 9.97 Å². The summed E-state index contributed by atoms with van der Waals surface area (Å²) in [5, 5.41) is 17.9. The number of fused-ring (bicyclic) bond motifs is 1. The van der Waals surface area contributed by atoms with Gasteiger partial charge in [-0.2, -0.15) is 4.90 Å². The van der Waals surface area contributed by atoms with E-state index in [1.807, 2.05) is 0 Å². The van der Waals surface area contributed by atoms with Crippen LogP contribution in [-0.2, 0) is 0 Å². The molecule has 2 rings (SSSR count). The van der Waals surface area contributed by atoms with Gasteiger partial charge >= 0.3 is 12.2 Å². The summed E-state index contributed by atoms with van der Waals surface area (Å²) in [6, 6.07) is 1.53. The number of ether oxygens (including phenoxy) is 1. The van der Waals surface area contributed by atoms with Crippen molar-refractivity contribution in [1.29, 1.82) is 0 Å². The van der Waals surface area contributed by atoms with E-state index in [0.29, 0.717) is 14.7 Å². The first kappa shape index (κ1) is 14.3. The van der Waals surface area contributed by atoms with Gasteiger partial charge in [-0.3, -0.25) is 0 Å². The topological polar surface area (TPSA) is 113 Å². The van der Waals surface area contributed by atoms with E-state index in [2.05, 4.69) is 9.97 Å². The summed E-state index contributed by atoms with van der Waals surface area (Å²) in [6.45, 7) is 1.83. The minimum Gasteiger partial charge on any atom is -0.475 e. The number of rotatable bonds is 3. The van der Waals surface area contributed by atoms with Gasteiger partial charge < -0.3 is 14.9 Å². The third-order valence-corrected chi connectivity index (χ3v) is 3.31. The molecule has 0 fully saturated rings. The van der Waals surface area contributed by atoms with Gasteiger partial charge in [0.1, 0.15) is 10.3 Å². The third-order valence-electron chi connectivity index (χ3n) is 2.16. The maximum Gasteiger partial charge on any atom is 0.422 e. The molecule has 2 aromatic rings. The van der Waals surface area contributed by atoms with Crippen LogP contribution in [0.3, 0.4) is 0 Å². The molecule has 0 bridgehead atoms. The van der Waals surface area contributed by atoms with Crippen LogP contribution in [0, 0.1) is 0 Å². The van der Waals surface area contributed by atoms with Gasteiger partial charge in [-0.25, -0.2) is 19.6 Å². The molecule has 8 nitrogen and oxygen atoms in total. The van der Waals surface area contributed by atoms with E-state index in [0.717, 1.165) is 11.3 Å². The van der Waals surface area contributed by atoms with Gasteiger partial charge in [-0.1, -0.05) is 11.6 Å². The van der Waals surface area contributed by atoms with Crippen LogP contribution in [0.4, 0.5) is 15.4 Å². The first-order valence-corrected chi connectivity index (χ1v) is 6.49. The van der Waals surface area contributed by atoms with E-state index in [1.165, 1.54) is 6.07 Å². The van der Waals surface area contributed by atoms with Gasteiger partial charge in [0, 0.05) is 0 Å². The standard InChI is InChI=1S/C10H8ClN3O5S/c1-2-19-7-6(14(9(15)16)10(17)18)13-8-4(12-7)3-5(11)20-8/h3H,2H2,1H3,(H,15,16)(H,17,18). The summed E-state index contributed by atoms with van der Waals surface area (Å²) >= 11 is 6.88. The Morgan fingerprint density at radius 1 is 1.40 bits per heavy atom. The summed E-state index contributed by atoms with van der Waals surface area (Å²) in [6.07, 6.45) is -3.40. The fourth-order valence-electron chi connectivity index (χ4n) is 1.45. The largest absolute Gasteiger partial charge is 0.475 e. The van der Waals surface area contributed by atoms with Gasteiger partial charge in [-0.15, -0.1) is 11.3 Å². The van der Waals surface area contributed by atoms with Crippen LogP contribution in [0.2, 0.25) is 4.34 Å². The summed E-state index contributed by atoms with van der Waals surface area (Å²) in [7, 11) is 0. The Labute approximate surface area is 121 Å². The van der Waals surface area contributed by atoms with Crippen LogP contribution >= 0.6 is 22.9 Å². The monoisotopic (exact) mass is 317 g/mol. The minimum absolute atomic E-state index is 0.0467. The first-order chi connectivity index (χ1) is 9.43. The zero-order valence-corrected chi connectivity index (χ0v) is 11.6. The lowest BCUT2D eigenvalue weighted by Gasteiger charge is -2.15. The van der Waals surface area contributed by atoms with E-state index in [1.54, 1.807) is 6.92 Å².